The van der Waals surface area contributed by atoms with Gasteiger partial charge < -0.3 is 20.1 Å². The van der Waals surface area contributed by atoms with Gasteiger partial charge in [0.15, 0.2) is 5.13 Å². The predicted octanol–water partition coefficient (Wildman–Crippen LogP) is 3.26. The zero-order valence-corrected chi connectivity index (χ0v) is 17.3. The maximum Gasteiger partial charge on any atom is 0.340 e. The molecule has 1 heterocycles. The van der Waals surface area contributed by atoms with E-state index in [1.54, 1.807) is 38.1 Å². The number of nitrogens with one attached hydrogen (secondary N) is 2. The molecular weight excluding hydrogens is 406 g/mol. The van der Waals surface area contributed by atoms with Gasteiger partial charge in [0.05, 0.1) is 23.4 Å². The summed E-state index contributed by atoms with van der Waals surface area (Å²) in [5.74, 6) is -2.32. The summed E-state index contributed by atoms with van der Waals surface area (Å²) >= 11 is 1.52. The van der Waals surface area contributed by atoms with Gasteiger partial charge in [-0.15, -0.1) is 0 Å². The number of aromatic nitrogens is 1. The third-order valence-electron chi connectivity index (χ3n) is 4.01. The van der Waals surface area contributed by atoms with Crippen molar-refractivity contribution in [1.82, 2.24) is 10.3 Å². The highest BCUT2D eigenvalue weighted by atomic mass is 32.1. The smallest absolute Gasteiger partial charge is 0.340 e. The minimum Gasteiger partial charge on any atom is -0.464 e. The Hall–Kier alpha value is -3.46. The number of anilines is 2. The molecule has 0 unspecified atom stereocenters. The van der Waals surface area contributed by atoms with Crippen molar-refractivity contribution >= 4 is 50.2 Å². The summed E-state index contributed by atoms with van der Waals surface area (Å²) in [6.45, 7) is 3.38. The van der Waals surface area contributed by atoms with Gasteiger partial charge in [-0.1, -0.05) is 23.5 Å². The number of hydrogen-bond acceptors (Lipinski definition) is 8. The van der Waals surface area contributed by atoms with Gasteiger partial charge in [0.2, 0.25) is 6.04 Å². The maximum atomic E-state index is 12.5. The van der Waals surface area contributed by atoms with Gasteiger partial charge in [-0.3, -0.25) is 4.79 Å². The summed E-state index contributed by atoms with van der Waals surface area (Å²) < 4.78 is 10.8. The first-order valence-electron chi connectivity index (χ1n) is 9.38. The number of hydrogen-bond donors (Lipinski definition) is 2. The number of carbonyl (C=O) groups is 3. The molecule has 9 heteroatoms. The molecule has 0 saturated heterocycles. The number of benzene rings is 2. The Morgan fingerprint density at radius 3 is 2.20 bits per heavy atom. The van der Waals surface area contributed by atoms with E-state index in [2.05, 4.69) is 15.6 Å². The number of fused-ring (bicyclic) bond motifs is 1. The fraction of sp³-hybridized carbons (Fsp3) is 0.238. The van der Waals surface area contributed by atoms with Crippen LogP contribution < -0.4 is 10.6 Å². The average Bonchev–Trinajstić information content (AvgIpc) is 3.15. The van der Waals surface area contributed by atoms with Crippen molar-refractivity contribution in [3.63, 3.8) is 0 Å². The lowest BCUT2D eigenvalue weighted by atomic mass is 10.1. The zero-order valence-electron chi connectivity index (χ0n) is 16.5. The first-order valence-corrected chi connectivity index (χ1v) is 10.2. The molecule has 0 atom stereocenters. The summed E-state index contributed by atoms with van der Waals surface area (Å²) in [5.41, 5.74) is 1.94. The number of para-hydroxylation sites is 1. The number of esters is 2. The van der Waals surface area contributed by atoms with Crippen molar-refractivity contribution in [2.24, 2.45) is 0 Å². The number of amides is 1. The van der Waals surface area contributed by atoms with E-state index in [0.717, 1.165) is 21.0 Å². The van der Waals surface area contributed by atoms with E-state index in [1.807, 2.05) is 24.3 Å². The lowest BCUT2D eigenvalue weighted by molar-refractivity contribution is -0.157. The van der Waals surface area contributed by atoms with Gasteiger partial charge in [-0.25, -0.2) is 14.6 Å². The Labute approximate surface area is 177 Å². The number of nitrogens with zero attached hydrogens (tertiary/aromatic N) is 1. The standard InChI is InChI=1S/C21H21N3O5S/c1-3-28-19(26)17(20(27)29-4-2)24-18(25)13-9-11-14(12-10-13)22-21-23-15-7-5-6-8-16(15)30-21/h5-12,17H,3-4H2,1-2H3,(H,22,23)(H,24,25). The zero-order chi connectivity index (χ0) is 21.5. The predicted molar refractivity (Wildman–Crippen MR) is 114 cm³/mol. The van der Waals surface area contributed by atoms with Crippen LogP contribution in [0.15, 0.2) is 48.5 Å². The molecule has 0 spiro atoms. The second kappa shape index (κ2) is 9.84. The van der Waals surface area contributed by atoms with Crippen molar-refractivity contribution in [3.05, 3.63) is 54.1 Å². The fourth-order valence-electron chi connectivity index (χ4n) is 2.63. The van der Waals surface area contributed by atoms with E-state index in [1.165, 1.54) is 11.3 Å². The molecule has 0 aliphatic rings. The first kappa shape index (κ1) is 21.3. The lowest BCUT2D eigenvalue weighted by Crippen LogP contribution is -2.48. The minimum absolute atomic E-state index is 0.0801. The molecule has 0 saturated carbocycles. The second-order valence-electron chi connectivity index (χ2n) is 6.10. The summed E-state index contributed by atoms with van der Waals surface area (Å²) in [5, 5.41) is 6.30. The minimum atomic E-state index is -1.52. The summed E-state index contributed by atoms with van der Waals surface area (Å²) in [4.78, 5) is 41.0. The van der Waals surface area contributed by atoms with Gasteiger partial charge in [0.1, 0.15) is 0 Å². The number of carbonyl (C=O) groups excluding carboxylic acids is 3. The first-order chi connectivity index (χ1) is 14.5. The molecule has 8 nitrogen and oxygen atoms in total. The number of ether oxygens (including phenoxy) is 2. The third kappa shape index (κ3) is 5.12. The van der Waals surface area contributed by atoms with E-state index < -0.39 is 23.9 Å². The molecule has 1 aromatic heterocycles. The van der Waals surface area contributed by atoms with Gasteiger partial charge in [-0.05, 0) is 50.2 Å². The molecule has 156 valence electrons. The molecule has 30 heavy (non-hydrogen) atoms. The molecule has 3 rings (SSSR count). The van der Waals surface area contributed by atoms with Crippen molar-refractivity contribution in [2.75, 3.05) is 18.5 Å². The van der Waals surface area contributed by atoms with Crippen LogP contribution in [-0.2, 0) is 19.1 Å². The van der Waals surface area contributed by atoms with Gasteiger partial charge >= 0.3 is 11.9 Å². The van der Waals surface area contributed by atoms with Gasteiger partial charge in [0, 0.05) is 11.3 Å². The van der Waals surface area contributed by atoms with Crippen molar-refractivity contribution < 1.29 is 23.9 Å². The lowest BCUT2D eigenvalue weighted by Gasteiger charge is -2.16. The molecule has 2 N–H and O–H groups in total. The van der Waals surface area contributed by atoms with E-state index in [0.29, 0.717) is 0 Å². The van der Waals surface area contributed by atoms with Crippen LogP contribution in [0.1, 0.15) is 24.2 Å². The summed E-state index contributed by atoms with van der Waals surface area (Å²) in [7, 11) is 0. The maximum absolute atomic E-state index is 12.5. The van der Waals surface area contributed by atoms with Crippen LogP contribution in [0.2, 0.25) is 0 Å². The monoisotopic (exact) mass is 427 g/mol. The van der Waals surface area contributed by atoms with Gasteiger partial charge in [-0.2, -0.15) is 0 Å². The van der Waals surface area contributed by atoms with E-state index in [9.17, 15) is 14.4 Å². The molecule has 0 bridgehead atoms. The Morgan fingerprint density at radius 1 is 0.967 bits per heavy atom. The fourth-order valence-corrected chi connectivity index (χ4v) is 3.52. The molecule has 0 fully saturated rings. The normalized spacial score (nSPS) is 10.6. The summed E-state index contributed by atoms with van der Waals surface area (Å²) in [6, 6.07) is 12.9. The SMILES string of the molecule is CCOC(=O)C(NC(=O)c1ccc(Nc2nc3ccccc3s2)cc1)C(=O)OCC. The molecule has 0 aliphatic heterocycles. The van der Waals surface area contributed by atoms with Crippen LogP contribution in [-0.4, -0.2) is 42.1 Å². The molecule has 2 aromatic carbocycles. The van der Waals surface area contributed by atoms with E-state index >= 15 is 0 Å². The van der Waals surface area contributed by atoms with Crippen LogP contribution in [0.5, 0.6) is 0 Å². The third-order valence-corrected chi connectivity index (χ3v) is 4.96. The van der Waals surface area contributed by atoms with Crippen LogP contribution in [0, 0.1) is 0 Å². The average molecular weight is 427 g/mol. The second-order valence-corrected chi connectivity index (χ2v) is 7.13. The molecule has 0 radical (unpaired) electrons. The number of rotatable bonds is 8. The molecule has 0 aliphatic carbocycles. The highest BCUT2D eigenvalue weighted by Gasteiger charge is 2.31. The molecular formula is C21H21N3O5S. The van der Waals surface area contributed by atoms with Gasteiger partial charge in [0.25, 0.3) is 5.91 Å². The van der Waals surface area contributed by atoms with Crippen LogP contribution in [0.4, 0.5) is 10.8 Å². The van der Waals surface area contributed by atoms with E-state index in [4.69, 9.17) is 9.47 Å². The van der Waals surface area contributed by atoms with E-state index in [-0.39, 0.29) is 18.8 Å². The van der Waals surface area contributed by atoms with Crippen molar-refractivity contribution in [2.45, 2.75) is 19.9 Å². The Morgan fingerprint density at radius 2 is 1.60 bits per heavy atom. The summed E-state index contributed by atoms with van der Waals surface area (Å²) in [6.07, 6.45) is 0. The Balaban J connectivity index is 1.68. The highest BCUT2D eigenvalue weighted by Crippen LogP contribution is 2.28. The topological polar surface area (TPSA) is 107 Å². The molecule has 1 amide bonds. The van der Waals surface area contributed by atoms with Crippen LogP contribution in [0.25, 0.3) is 10.2 Å². The highest BCUT2D eigenvalue weighted by molar-refractivity contribution is 7.22. The molecule has 3 aromatic rings. The van der Waals surface area contributed by atoms with Crippen molar-refractivity contribution in [3.8, 4) is 0 Å². The largest absolute Gasteiger partial charge is 0.464 e. The Bertz CT molecular complexity index is 997. The quantitative estimate of drug-likeness (QED) is 0.420. The Kier molecular flexibility index (Phi) is 6.97. The van der Waals surface area contributed by atoms with Crippen molar-refractivity contribution in [1.29, 1.82) is 0 Å². The number of thiazole rings is 1. The van der Waals surface area contributed by atoms with Crippen LogP contribution >= 0.6 is 11.3 Å². The van der Waals surface area contributed by atoms with Crippen LogP contribution in [0.3, 0.4) is 0 Å².